The average Bonchev–Trinajstić information content (AvgIpc) is 3.13. The molecular formula is C19H25ClN4O3S2. The van der Waals surface area contributed by atoms with E-state index in [1.54, 1.807) is 17.4 Å². The van der Waals surface area contributed by atoms with Gasteiger partial charge in [-0.25, -0.2) is 18.4 Å². The monoisotopic (exact) mass is 456 g/mol. The number of carbonyl (C=O) groups excluding carboxylic acids is 1. The van der Waals surface area contributed by atoms with Crippen LogP contribution in [0.25, 0.3) is 0 Å². The largest absolute Gasteiger partial charge is 0.356 e. The molecule has 0 spiro atoms. The van der Waals surface area contributed by atoms with Gasteiger partial charge in [0.05, 0.1) is 5.01 Å². The Hall–Kier alpha value is -1.55. The van der Waals surface area contributed by atoms with E-state index >= 15 is 0 Å². The molecule has 0 aliphatic carbocycles. The number of carbonyl (C=O) groups is 1. The third-order valence-electron chi connectivity index (χ3n) is 4.95. The lowest BCUT2D eigenvalue weighted by atomic mass is 9.97. The minimum atomic E-state index is -3.69. The molecule has 29 heavy (non-hydrogen) atoms. The number of aryl methyl sites for hydroxylation is 2. The molecular weight excluding hydrogens is 432 g/mol. The number of rotatable bonds is 8. The van der Waals surface area contributed by atoms with E-state index in [1.165, 1.54) is 16.6 Å². The predicted octanol–water partition coefficient (Wildman–Crippen LogP) is 3.04. The lowest BCUT2D eigenvalue weighted by molar-refractivity contribution is -0.126. The van der Waals surface area contributed by atoms with E-state index in [-0.39, 0.29) is 21.9 Å². The van der Waals surface area contributed by atoms with Gasteiger partial charge in [-0.15, -0.1) is 11.3 Å². The summed E-state index contributed by atoms with van der Waals surface area (Å²) in [5.41, 5.74) is 1.05. The fourth-order valence-electron chi connectivity index (χ4n) is 3.34. The van der Waals surface area contributed by atoms with Crippen LogP contribution < -0.4 is 5.32 Å². The molecule has 0 saturated carbocycles. The summed E-state index contributed by atoms with van der Waals surface area (Å²) in [4.78, 5) is 20.7. The fraction of sp³-hybridized carbons (Fsp3) is 0.526. The summed E-state index contributed by atoms with van der Waals surface area (Å²) >= 11 is 7.62. The quantitative estimate of drug-likeness (QED) is 0.486. The summed E-state index contributed by atoms with van der Waals surface area (Å²) in [5, 5.41) is 6.14. The van der Waals surface area contributed by atoms with Crippen LogP contribution in [0.15, 0.2) is 28.6 Å². The van der Waals surface area contributed by atoms with Gasteiger partial charge in [0, 0.05) is 42.8 Å². The number of amides is 1. The van der Waals surface area contributed by atoms with E-state index in [2.05, 4.69) is 15.3 Å². The highest BCUT2D eigenvalue weighted by atomic mass is 35.5. The standard InChI is InChI=1S/C19H25ClN4O3S2/c1-14-13-28-17(23-14)6-2-3-9-22-19(25)15-7-11-24(12-8-15)29(26,27)16-5-4-10-21-18(16)20/h4-5,10,13,15H,2-3,6-9,11-12H2,1H3,(H,22,25). The molecule has 1 amide bonds. The molecule has 0 unspecified atom stereocenters. The van der Waals surface area contributed by atoms with Gasteiger partial charge in [0.2, 0.25) is 15.9 Å². The van der Waals surface area contributed by atoms with Crippen LogP contribution in [0.5, 0.6) is 0 Å². The third kappa shape index (κ3) is 5.75. The Labute approximate surface area is 180 Å². The van der Waals surface area contributed by atoms with Gasteiger partial charge in [0.25, 0.3) is 0 Å². The van der Waals surface area contributed by atoms with Crippen molar-refractivity contribution in [2.75, 3.05) is 19.6 Å². The number of nitrogens with one attached hydrogen (secondary N) is 1. The van der Waals surface area contributed by atoms with Crippen molar-refractivity contribution >= 4 is 38.9 Å². The molecule has 1 aliphatic rings. The lowest BCUT2D eigenvalue weighted by Crippen LogP contribution is -2.43. The highest BCUT2D eigenvalue weighted by molar-refractivity contribution is 7.89. The minimum absolute atomic E-state index is 0.00607. The van der Waals surface area contributed by atoms with Crippen molar-refractivity contribution in [1.29, 1.82) is 0 Å². The number of nitrogens with zero attached hydrogens (tertiary/aromatic N) is 3. The molecule has 1 fully saturated rings. The van der Waals surface area contributed by atoms with Gasteiger partial charge >= 0.3 is 0 Å². The first-order chi connectivity index (χ1) is 13.9. The van der Waals surface area contributed by atoms with Crippen LogP contribution in [0, 0.1) is 12.8 Å². The Bertz CT molecular complexity index is 940. The van der Waals surface area contributed by atoms with Crippen LogP contribution in [-0.4, -0.2) is 48.2 Å². The molecule has 1 aliphatic heterocycles. The van der Waals surface area contributed by atoms with E-state index in [0.29, 0.717) is 32.5 Å². The Morgan fingerprint density at radius 1 is 1.34 bits per heavy atom. The van der Waals surface area contributed by atoms with Crippen molar-refractivity contribution in [2.24, 2.45) is 5.92 Å². The second-order valence-electron chi connectivity index (χ2n) is 7.10. The highest BCUT2D eigenvalue weighted by Gasteiger charge is 2.33. The number of sulfonamides is 1. The maximum atomic E-state index is 12.7. The lowest BCUT2D eigenvalue weighted by Gasteiger charge is -2.30. The highest BCUT2D eigenvalue weighted by Crippen LogP contribution is 2.27. The summed E-state index contributed by atoms with van der Waals surface area (Å²) in [6, 6.07) is 3.01. The Morgan fingerprint density at radius 2 is 2.10 bits per heavy atom. The molecule has 1 N–H and O–H groups in total. The number of hydrogen-bond acceptors (Lipinski definition) is 6. The average molecular weight is 457 g/mol. The summed E-state index contributed by atoms with van der Waals surface area (Å²) in [6.07, 6.45) is 5.27. The Morgan fingerprint density at radius 3 is 2.76 bits per heavy atom. The number of pyridine rings is 1. The Balaban J connectivity index is 1.40. The van der Waals surface area contributed by atoms with Crippen LogP contribution in [0.3, 0.4) is 0 Å². The van der Waals surface area contributed by atoms with Crippen LogP contribution in [0.2, 0.25) is 5.15 Å². The summed E-state index contributed by atoms with van der Waals surface area (Å²) in [7, 11) is -3.69. The van der Waals surface area contributed by atoms with Crippen LogP contribution in [0.4, 0.5) is 0 Å². The van der Waals surface area contributed by atoms with Gasteiger partial charge < -0.3 is 5.32 Å². The molecule has 0 atom stereocenters. The second kappa shape index (κ2) is 9.97. The molecule has 2 aromatic heterocycles. The molecule has 0 radical (unpaired) electrons. The van der Waals surface area contributed by atoms with E-state index in [9.17, 15) is 13.2 Å². The first-order valence-electron chi connectivity index (χ1n) is 9.67. The maximum absolute atomic E-state index is 12.7. The molecule has 10 heteroatoms. The summed E-state index contributed by atoms with van der Waals surface area (Å²) < 4.78 is 26.9. The van der Waals surface area contributed by atoms with Gasteiger partial charge in [-0.2, -0.15) is 4.31 Å². The third-order valence-corrected chi connectivity index (χ3v) is 8.32. The van der Waals surface area contributed by atoms with Crippen LogP contribution in [0.1, 0.15) is 36.4 Å². The number of hydrogen-bond donors (Lipinski definition) is 1. The molecule has 0 aromatic carbocycles. The topological polar surface area (TPSA) is 92.3 Å². The van der Waals surface area contributed by atoms with Crippen molar-refractivity contribution in [1.82, 2.24) is 19.6 Å². The summed E-state index contributed by atoms with van der Waals surface area (Å²) in [5.74, 6) is -0.154. The minimum Gasteiger partial charge on any atom is -0.356 e. The van der Waals surface area contributed by atoms with Gasteiger partial charge in [0.1, 0.15) is 10.0 Å². The first-order valence-corrected chi connectivity index (χ1v) is 12.4. The molecule has 7 nitrogen and oxygen atoms in total. The zero-order chi connectivity index (χ0) is 20.9. The molecule has 158 valence electrons. The number of aromatic nitrogens is 2. The number of halogens is 1. The number of piperidine rings is 1. The van der Waals surface area contributed by atoms with Crippen molar-refractivity contribution < 1.29 is 13.2 Å². The van der Waals surface area contributed by atoms with E-state index in [4.69, 9.17) is 11.6 Å². The molecule has 2 aromatic rings. The second-order valence-corrected chi connectivity index (χ2v) is 10.3. The van der Waals surface area contributed by atoms with Crippen molar-refractivity contribution in [3.05, 3.63) is 39.6 Å². The number of unbranched alkanes of at least 4 members (excludes halogenated alkanes) is 1. The zero-order valence-corrected chi connectivity index (χ0v) is 18.7. The first kappa shape index (κ1) is 22.1. The van der Waals surface area contributed by atoms with E-state index < -0.39 is 10.0 Å². The normalized spacial score (nSPS) is 16.1. The van der Waals surface area contributed by atoms with Gasteiger partial charge in [-0.05, 0) is 51.2 Å². The summed E-state index contributed by atoms with van der Waals surface area (Å²) in [6.45, 7) is 3.22. The van der Waals surface area contributed by atoms with Crippen LogP contribution >= 0.6 is 22.9 Å². The zero-order valence-electron chi connectivity index (χ0n) is 16.3. The van der Waals surface area contributed by atoms with Gasteiger partial charge in [-0.1, -0.05) is 11.6 Å². The van der Waals surface area contributed by atoms with Gasteiger partial charge in [0.15, 0.2) is 0 Å². The Kier molecular flexibility index (Phi) is 7.61. The number of thiazole rings is 1. The predicted molar refractivity (Wildman–Crippen MR) is 114 cm³/mol. The van der Waals surface area contributed by atoms with E-state index in [0.717, 1.165) is 30.0 Å². The van der Waals surface area contributed by atoms with Crippen molar-refractivity contribution in [3.8, 4) is 0 Å². The molecule has 1 saturated heterocycles. The van der Waals surface area contributed by atoms with Crippen LogP contribution in [-0.2, 0) is 21.2 Å². The molecule has 3 rings (SSSR count). The fourth-order valence-corrected chi connectivity index (χ4v) is 6.05. The molecule has 0 bridgehead atoms. The van der Waals surface area contributed by atoms with Gasteiger partial charge in [-0.3, -0.25) is 4.79 Å². The van der Waals surface area contributed by atoms with E-state index in [1.807, 2.05) is 12.3 Å². The van der Waals surface area contributed by atoms with Crippen molar-refractivity contribution in [3.63, 3.8) is 0 Å². The smallest absolute Gasteiger partial charge is 0.246 e. The SMILES string of the molecule is Cc1csc(CCCCNC(=O)C2CCN(S(=O)(=O)c3cccnc3Cl)CC2)n1. The maximum Gasteiger partial charge on any atom is 0.246 e. The molecule has 3 heterocycles. The van der Waals surface area contributed by atoms with Crippen molar-refractivity contribution in [2.45, 2.75) is 43.9 Å².